The lowest BCUT2D eigenvalue weighted by Gasteiger charge is -2.04. The number of benzene rings is 1. The Labute approximate surface area is 103 Å². The van der Waals surface area contributed by atoms with E-state index in [-0.39, 0.29) is 0 Å². The lowest BCUT2D eigenvalue weighted by molar-refractivity contribution is -0.385. The van der Waals surface area contributed by atoms with Gasteiger partial charge in [-0.05, 0) is 6.07 Å². The van der Waals surface area contributed by atoms with Crippen LogP contribution in [0.5, 0.6) is 5.75 Å². The van der Waals surface area contributed by atoms with Crippen molar-refractivity contribution in [3.05, 3.63) is 28.3 Å². The van der Waals surface area contributed by atoms with Gasteiger partial charge in [-0.25, -0.2) is 0 Å². The van der Waals surface area contributed by atoms with E-state index in [1.807, 2.05) is 0 Å². The van der Waals surface area contributed by atoms with Crippen LogP contribution in [0.25, 0.3) is 0 Å². The third kappa shape index (κ3) is 3.17. The summed E-state index contributed by atoms with van der Waals surface area (Å²) >= 11 is 0. The predicted molar refractivity (Wildman–Crippen MR) is 64.1 cm³/mol. The van der Waals surface area contributed by atoms with Crippen LogP contribution in [0, 0.1) is 10.1 Å². The number of rotatable bonds is 4. The Morgan fingerprint density at radius 2 is 2.06 bits per heavy atom. The normalized spacial score (nSPS) is 11.7. The molecule has 1 N–H and O–H groups in total. The number of sulfonamides is 1. The average Bonchev–Trinajstić information content (AvgIpc) is 2.26. The Bertz CT molecular complexity index is 594. The van der Waals surface area contributed by atoms with Gasteiger partial charge in [-0.1, -0.05) is 0 Å². The fraction of sp³-hybridized carbons (Fsp3) is 0.222. The van der Waals surface area contributed by atoms with Crippen molar-refractivity contribution < 1.29 is 18.4 Å². The molecule has 9 heteroatoms. The van der Waals surface area contributed by atoms with Gasteiger partial charge in [-0.2, -0.15) is 8.42 Å². The number of nitrogens with zero attached hydrogens (tertiary/aromatic N) is 3. The maximum atomic E-state index is 11.7. The van der Waals surface area contributed by atoms with Crippen LogP contribution < -0.4 is 0 Å². The van der Waals surface area contributed by atoms with Crippen LogP contribution in [-0.4, -0.2) is 43.8 Å². The summed E-state index contributed by atoms with van der Waals surface area (Å²) in [6.07, 6.45) is 1.05. The van der Waals surface area contributed by atoms with Crippen LogP contribution in [0.2, 0.25) is 0 Å². The van der Waals surface area contributed by atoms with E-state index < -0.39 is 31.3 Å². The molecular weight excluding hydrogens is 262 g/mol. The van der Waals surface area contributed by atoms with Gasteiger partial charge in [0.05, 0.1) is 11.0 Å². The number of hydrogen-bond donors (Lipinski definition) is 1. The van der Waals surface area contributed by atoms with Crippen molar-refractivity contribution in [3.63, 3.8) is 0 Å². The predicted octanol–water partition coefficient (Wildman–Crippen LogP) is 0.579. The molecule has 0 amide bonds. The van der Waals surface area contributed by atoms with Crippen molar-refractivity contribution in [2.24, 2.45) is 4.40 Å². The first-order valence-corrected chi connectivity index (χ1v) is 6.12. The Kier molecular flexibility index (Phi) is 3.86. The van der Waals surface area contributed by atoms with Crippen molar-refractivity contribution in [1.82, 2.24) is 4.90 Å². The Hall–Kier alpha value is -2.16. The molecule has 0 heterocycles. The minimum atomic E-state index is -4.07. The van der Waals surface area contributed by atoms with Crippen molar-refractivity contribution in [1.29, 1.82) is 0 Å². The summed E-state index contributed by atoms with van der Waals surface area (Å²) in [6.45, 7) is 0. The van der Waals surface area contributed by atoms with Gasteiger partial charge in [-0.3, -0.25) is 10.1 Å². The average molecular weight is 273 g/mol. The highest BCUT2D eigenvalue weighted by atomic mass is 32.2. The standard InChI is InChI=1S/C9H11N3O5S/c1-11(2)6-10-18(16,17)9-4-3-7(12(14)15)5-8(9)13/h3-6,13H,1-2H3/b10-6+. The molecule has 0 spiro atoms. The van der Waals surface area contributed by atoms with Crippen molar-refractivity contribution in [2.75, 3.05) is 14.1 Å². The van der Waals surface area contributed by atoms with E-state index >= 15 is 0 Å². The number of phenolic OH excluding ortho intramolecular Hbond substituents is 1. The fourth-order valence-corrected chi connectivity index (χ4v) is 2.04. The zero-order valence-electron chi connectivity index (χ0n) is 9.64. The zero-order valence-corrected chi connectivity index (χ0v) is 10.5. The molecule has 18 heavy (non-hydrogen) atoms. The second-order valence-corrected chi connectivity index (χ2v) is 5.17. The SMILES string of the molecule is CN(C)/C=N/S(=O)(=O)c1ccc([N+](=O)[O-])cc1O. The van der Waals surface area contributed by atoms with Gasteiger partial charge < -0.3 is 10.0 Å². The maximum absolute atomic E-state index is 11.7. The van der Waals surface area contributed by atoms with Gasteiger partial charge >= 0.3 is 0 Å². The highest BCUT2D eigenvalue weighted by Gasteiger charge is 2.20. The summed E-state index contributed by atoms with van der Waals surface area (Å²) < 4.78 is 26.7. The Morgan fingerprint density at radius 1 is 1.44 bits per heavy atom. The van der Waals surface area contributed by atoms with Crippen LogP contribution >= 0.6 is 0 Å². The number of non-ortho nitro benzene ring substituents is 1. The summed E-state index contributed by atoms with van der Waals surface area (Å²) in [5.74, 6) is -0.708. The Morgan fingerprint density at radius 3 is 2.50 bits per heavy atom. The molecule has 8 nitrogen and oxygen atoms in total. The molecule has 1 aromatic carbocycles. The van der Waals surface area contributed by atoms with Gasteiger partial charge in [0.25, 0.3) is 15.7 Å². The first-order valence-electron chi connectivity index (χ1n) is 4.68. The van der Waals surface area contributed by atoms with Crippen LogP contribution in [0.3, 0.4) is 0 Å². The topological polar surface area (TPSA) is 113 Å². The van der Waals surface area contributed by atoms with E-state index in [1.165, 1.54) is 4.90 Å². The number of aromatic hydroxyl groups is 1. The zero-order chi connectivity index (χ0) is 13.9. The minimum Gasteiger partial charge on any atom is -0.506 e. The van der Waals surface area contributed by atoms with Crippen molar-refractivity contribution in [2.45, 2.75) is 4.90 Å². The molecule has 0 saturated carbocycles. The molecule has 1 rings (SSSR count). The summed E-state index contributed by atoms with van der Waals surface area (Å²) in [7, 11) is -0.917. The second kappa shape index (κ2) is 5.00. The second-order valence-electron chi connectivity index (χ2n) is 3.57. The monoisotopic (exact) mass is 273 g/mol. The van der Waals surface area contributed by atoms with E-state index in [0.717, 1.165) is 24.5 Å². The first-order chi connectivity index (χ1) is 8.24. The van der Waals surface area contributed by atoms with Gasteiger partial charge in [0.2, 0.25) is 0 Å². The molecule has 98 valence electrons. The van der Waals surface area contributed by atoms with E-state index in [0.29, 0.717) is 0 Å². The molecule has 0 unspecified atom stereocenters. The van der Waals surface area contributed by atoms with E-state index in [4.69, 9.17) is 0 Å². The van der Waals surface area contributed by atoms with Gasteiger partial charge in [0.1, 0.15) is 17.0 Å². The lowest BCUT2D eigenvalue weighted by Crippen LogP contribution is -2.10. The molecular formula is C9H11N3O5S. The molecule has 0 saturated heterocycles. The quantitative estimate of drug-likeness (QED) is 0.371. The molecule has 1 aromatic rings. The third-order valence-electron chi connectivity index (χ3n) is 1.85. The fourth-order valence-electron chi connectivity index (χ4n) is 1.05. The van der Waals surface area contributed by atoms with Crippen LogP contribution in [-0.2, 0) is 10.0 Å². The molecule has 0 aromatic heterocycles. The van der Waals surface area contributed by atoms with E-state index in [9.17, 15) is 23.6 Å². The smallest absolute Gasteiger partial charge is 0.287 e. The number of nitro benzene ring substituents is 1. The summed E-state index contributed by atoms with van der Waals surface area (Å²) in [4.78, 5) is 10.6. The number of phenols is 1. The van der Waals surface area contributed by atoms with Crippen molar-refractivity contribution in [3.8, 4) is 5.75 Å². The van der Waals surface area contributed by atoms with Gasteiger partial charge in [0, 0.05) is 20.2 Å². The van der Waals surface area contributed by atoms with Crippen LogP contribution in [0.15, 0.2) is 27.5 Å². The number of hydrogen-bond acceptors (Lipinski definition) is 5. The molecule has 0 fully saturated rings. The Balaban J connectivity index is 3.23. The largest absolute Gasteiger partial charge is 0.506 e. The summed E-state index contributed by atoms with van der Waals surface area (Å²) in [5, 5.41) is 19.9. The van der Waals surface area contributed by atoms with Gasteiger partial charge in [-0.15, -0.1) is 4.40 Å². The first kappa shape index (κ1) is 13.9. The molecule has 0 bridgehead atoms. The molecule has 0 atom stereocenters. The van der Waals surface area contributed by atoms with Crippen LogP contribution in [0.1, 0.15) is 0 Å². The minimum absolute atomic E-state index is 0.400. The van der Waals surface area contributed by atoms with E-state index in [1.54, 1.807) is 14.1 Å². The van der Waals surface area contributed by atoms with Gasteiger partial charge in [0.15, 0.2) is 0 Å². The molecule has 0 aliphatic rings. The molecule has 0 aliphatic carbocycles. The summed E-state index contributed by atoms with van der Waals surface area (Å²) in [5.41, 5.74) is -0.400. The summed E-state index contributed by atoms with van der Waals surface area (Å²) in [6, 6.07) is 2.69. The number of nitro groups is 1. The lowest BCUT2D eigenvalue weighted by atomic mass is 10.3. The highest BCUT2D eigenvalue weighted by molar-refractivity contribution is 7.90. The van der Waals surface area contributed by atoms with Crippen molar-refractivity contribution >= 4 is 22.0 Å². The maximum Gasteiger partial charge on any atom is 0.287 e. The molecule has 0 radical (unpaired) electrons. The molecule has 0 aliphatic heterocycles. The highest BCUT2D eigenvalue weighted by Crippen LogP contribution is 2.28. The van der Waals surface area contributed by atoms with Crippen LogP contribution in [0.4, 0.5) is 5.69 Å². The van der Waals surface area contributed by atoms with E-state index in [2.05, 4.69) is 4.40 Å². The third-order valence-corrected chi connectivity index (χ3v) is 3.12.